The van der Waals surface area contributed by atoms with Gasteiger partial charge in [0.05, 0.1) is 19.8 Å². The summed E-state index contributed by atoms with van der Waals surface area (Å²) in [4.78, 5) is 13.4. The van der Waals surface area contributed by atoms with Crippen molar-refractivity contribution in [2.45, 2.75) is 13.0 Å². The summed E-state index contributed by atoms with van der Waals surface area (Å²) in [7, 11) is 3.32. The highest BCUT2D eigenvalue weighted by atomic mass is 16.5. The molecule has 0 amide bonds. The number of ether oxygens (including phenoxy) is 2. The maximum atomic E-state index is 11.0. The molecule has 0 unspecified atom stereocenters. The van der Waals surface area contributed by atoms with E-state index >= 15 is 0 Å². The van der Waals surface area contributed by atoms with Crippen molar-refractivity contribution in [3.05, 3.63) is 77.4 Å². The summed E-state index contributed by atoms with van der Waals surface area (Å²) < 4.78 is 10.9. The minimum Gasteiger partial charge on any atom is -0.493 e. The second-order valence-corrected chi connectivity index (χ2v) is 7.08. The van der Waals surface area contributed by atoms with Crippen LogP contribution in [0.25, 0.3) is 11.1 Å². The smallest absolute Gasteiger partial charge is 0.335 e. The summed E-state index contributed by atoms with van der Waals surface area (Å²) in [5, 5.41) is 9.04. The number of fused-ring (bicyclic) bond motifs is 1. The first-order chi connectivity index (χ1) is 14.1. The van der Waals surface area contributed by atoms with Crippen molar-refractivity contribution in [1.82, 2.24) is 0 Å². The Morgan fingerprint density at radius 3 is 1.97 bits per heavy atom. The molecule has 0 saturated heterocycles. The Hall–Kier alpha value is -3.47. The molecule has 0 bridgehead atoms. The molecule has 1 heterocycles. The molecule has 0 saturated carbocycles. The Kier molecular flexibility index (Phi) is 5.12. The van der Waals surface area contributed by atoms with E-state index in [0.717, 1.165) is 47.8 Å². The largest absolute Gasteiger partial charge is 0.493 e. The number of aromatic carboxylic acids is 1. The predicted octanol–water partition coefficient (Wildman–Crippen LogP) is 4.63. The van der Waals surface area contributed by atoms with Gasteiger partial charge in [-0.05, 0) is 65.1 Å². The number of carboxylic acids is 1. The summed E-state index contributed by atoms with van der Waals surface area (Å²) in [6, 6.07) is 19.5. The minimum absolute atomic E-state index is 0.296. The van der Waals surface area contributed by atoms with Gasteiger partial charge in [0.25, 0.3) is 0 Å². The number of nitrogens with zero attached hydrogens (tertiary/aromatic N) is 1. The number of carboxylic acid groups (broad SMARTS) is 1. The standard InChI is InChI=1S/C24H23NO4/c1-28-22-13-19-11-12-25(15-20(19)14-23(22)29-2)21-9-7-17(8-10-21)16-3-5-18(6-4-16)24(26)27/h3-10,13-14H,11-12,15H2,1-2H3,(H,26,27). The molecule has 0 radical (unpaired) electrons. The van der Waals surface area contributed by atoms with Crippen molar-refractivity contribution in [3.8, 4) is 22.6 Å². The van der Waals surface area contributed by atoms with E-state index in [4.69, 9.17) is 14.6 Å². The molecule has 148 valence electrons. The molecule has 1 N–H and O–H groups in total. The molecular weight excluding hydrogens is 366 g/mol. The van der Waals surface area contributed by atoms with Crippen LogP contribution in [0.15, 0.2) is 60.7 Å². The first-order valence-corrected chi connectivity index (χ1v) is 9.51. The Balaban J connectivity index is 1.53. The summed E-state index contributed by atoms with van der Waals surface area (Å²) in [6.07, 6.45) is 0.952. The summed E-state index contributed by atoms with van der Waals surface area (Å²) in [5.74, 6) is 0.623. The van der Waals surface area contributed by atoms with Gasteiger partial charge < -0.3 is 19.5 Å². The number of methoxy groups -OCH3 is 2. The van der Waals surface area contributed by atoms with Gasteiger partial charge in [-0.15, -0.1) is 0 Å². The van der Waals surface area contributed by atoms with E-state index in [-0.39, 0.29) is 0 Å². The lowest BCUT2D eigenvalue weighted by Crippen LogP contribution is -2.30. The van der Waals surface area contributed by atoms with Crippen LogP contribution in [0.3, 0.4) is 0 Å². The number of anilines is 1. The first-order valence-electron chi connectivity index (χ1n) is 9.51. The van der Waals surface area contributed by atoms with Gasteiger partial charge in [0.1, 0.15) is 0 Å². The van der Waals surface area contributed by atoms with Crippen LogP contribution < -0.4 is 14.4 Å². The third-order valence-electron chi connectivity index (χ3n) is 5.42. The molecule has 0 atom stereocenters. The van der Waals surface area contributed by atoms with E-state index in [1.165, 1.54) is 11.1 Å². The van der Waals surface area contributed by atoms with Crippen LogP contribution >= 0.6 is 0 Å². The number of rotatable bonds is 5. The predicted molar refractivity (Wildman–Crippen MR) is 113 cm³/mol. The van der Waals surface area contributed by atoms with E-state index in [1.807, 2.05) is 12.1 Å². The highest BCUT2D eigenvalue weighted by molar-refractivity contribution is 5.88. The zero-order valence-corrected chi connectivity index (χ0v) is 16.5. The fraction of sp³-hybridized carbons (Fsp3) is 0.208. The molecule has 3 aromatic rings. The molecule has 0 fully saturated rings. The molecule has 0 aliphatic carbocycles. The summed E-state index contributed by atoms with van der Waals surface area (Å²) in [5.41, 5.74) is 6.08. The average molecular weight is 389 g/mol. The molecule has 1 aliphatic rings. The molecule has 4 rings (SSSR count). The summed E-state index contributed by atoms with van der Waals surface area (Å²) in [6.45, 7) is 1.76. The summed E-state index contributed by atoms with van der Waals surface area (Å²) >= 11 is 0. The Labute approximate surface area is 170 Å². The number of hydrogen-bond acceptors (Lipinski definition) is 4. The van der Waals surface area contributed by atoms with Crippen LogP contribution in [0.4, 0.5) is 5.69 Å². The van der Waals surface area contributed by atoms with Gasteiger partial charge in [-0.3, -0.25) is 0 Å². The molecule has 0 spiro atoms. The topological polar surface area (TPSA) is 59.0 Å². The molecule has 29 heavy (non-hydrogen) atoms. The normalized spacial score (nSPS) is 13.0. The second kappa shape index (κ2) is 7.87. The minimum atomic E-state index is -0.911. The van der Waals surface area contributed by atoms with Crippen LogP contribution in [-0.2, 0) is 13.0 Å². The van der Waals surface area contributed by atoms with Crippen molar-refractivity contribution >= 4 is 11.7 Å². The highest BCUT2D eigenvalue weighted by Crippen LogP contribution is 2.34. The molecule has 1 aliphatic heterocycles. The SMILES string of the molecule is COc1cc2c(cc1OC)CN(c1ccc(-c3ccc(C(=O)O)cc3)cc1)CC2. The first kappa shape index (κ1) is 18.9. The van der Waals surface area contributed by atoms with Gasteiger partial charge in [-0.25, -0.2) is 4.79 Å². The third kappa shape index (κ3) is 3.76. The zero-order chi connectivity index (χ0) is 20.4. The molecule has 5 nitrogen and oxygen atoms in total. The number of hydrogen-bond donors (Lipinski definition) is 1. The monoisotopic (exact) mass is 389 g/mol. The Morgan fingerprint density at radius 1 is 0.862 bits per heavy atom. The van der Waals surface area contributed by atoms with Gasteiger partial charge in [0.15, 0.2) is 11.5 Å². The van der Waals surface area contributed by atoms with Crippen LogP contribution in [0.5, 0.6) is 11.5 Å². The van der Waals surface area contributed by atoms with Gasteiger partial charge in [-0.2, -0.15) is 0 Å². The van der Waals surface area contributed by atoms with Crippen molar-refractivity contribution in [2.75, 3.05) is 25.7 Å². The van der Waals surface area contributed by atoms with Gasteiger partial charge in [0, 0.05) is 18.8 Å². The fourth-order valence-electron chi connectivity index (χ4n) is 3.77. The molecule has 0 aromatic heterocycles. The lowest BCUT2D eigenvalue weighted by atomic mass is 9.98. The second-order valence-electron chi connectivity index (χ2n) is 7.08. The van der Waals surface area contributed by atoms with Gasteiger partial charge in [-0.1, -0.05) is 24.3 Å². The Morgan fingerprint density at radius 2 is 1.41 bits per heavy atom. The van der Waals surface area contributed by atoms with Crippen molar-refractivity contribution in [3.63, 3.8) is 0 Å². The lowest BCUT2D eigenvalue weighted by Gasteiger charge is -2.31. The molecule has 5 heteroatoms. The average Bonchev–Trinajstić information content (AvgIpc) is 2.78. The van der Waals surface area contributed by atoms with Crippen LogP contribution in [0.1, 0.15) is 21.5 Å². The van der Waals surface area contributed by atoms with E-state index in [1.54, 1.807) is 26.4 Å². The van der Waals surface area contributed by atoms with Gasteiger partial charge >= 0.3 is 5.97 Å². The number of carbonyl (C=O) groups is 1. The van der Waals surface area contributed by atoms with E-state index in [9.17, 15) is 4.79 Å². The quantitative estimate of drug-likeness (QED) is 0.689. The molecular formula is C24H23NO4. The fourth-order valence-corrected chi connectivity index (χ4v) is 3.77. The van der Waals surface area contributed by atoms with Gasteiger partial charge in [0.2, 0.25) is 0 Å². The molecule has 3 aromatic carbocycles. The van der Waals surface area contributed by atoms with E-state index in [2.05, 4.69) is 41.3 Å². The van der Waals surface area contributed by atoms with E-state index in [0.29, 0.717) is 5.56 Å². The van der Waals surface area contributed by atoms with E-state index < -0.39 is 5.97 Å². The van der Waals surface area contributed by atoms with Crippen LogP contribution in [-0.4, -0.2) is 31.8 Å². The zero-order valence-electron chi connectivity index (χ0n) is 16.5. The van der Waals surface area contributed by atoms with Crippen LogP contribution in [0, 0.1) is 0 Å². The van der Waals surface area contributed by atoms with Crippen molar-refractivity contribution in [2.24, 2.45) is 0 Å². The van der Waals surface area contributed by atoms with Crippen molar-refractivity contribution < 1.29 is 19.4 Å². The third-order valence-corrected chi connectivity index (χ3v) is 5.42. The van der Waals surface area contributed by atoms with Crippen molar-refractivity contribution in [1.29, 1.82) is 0 Å². The lowest BCUT2D eigenvalue weighted by molar-refractivity contribution is 0.0697. The highest BCUT2D eigenvalue weighted by Gasteiger charge is 2.19. The Bertz CT molecular complexity index is 1030. The van der Waals surface area contributed by atoms with Crippen LogP contribution in [0.2, 0.25) is 0 Å². The maximum Gasteiger partial charge on any atom is 0.335 e. The number of benzene rings is 3. The maximum absolute atomic E-state index is 11.0.